The molecule has 2 aromatic carbocycles. The molecule has 0 aliphatic heterocycles. The number of carbonyl (C=O) groups is 1. The van der Waals surface area contributed by atoms with Crippen LogP contribution in [0.3, 0.4) is 0 Å². The minimum Gasteiger partial charge on any atom is -0.325 e. The molecule has 1 aliphatic carbocycles. The highest BCUT2D eigenvalue weighted by Gasteiger charge is 2.25. The summed E-state index contributed by atoms with van der Waals surface area (Å²) in [6.07, 6.45) is 3.86. The molecule has 0 saturated heterocycles. The number of hydrogen-bond acceptors (Lipinski definition) is 2. The van der Waals surface area contributed by atoms with E-state index in [1.165, 1.54) is 12.1 Å². The van der Waals surface area contributed by atoms with Crippen LogP contribution in [0.1, 0.15) is 24.4 Å². The van der Waals surface area contributed by atoms with Crippen LogP contribution in [0, 0.1) is 5.82 Å². The zero-order valence-corrected chi connectivity index (χ0v) is 14.6. The molecule has 1 aliphatic rings. The number of halogens is 2. The first-order valence-corrected chi connectivity index (χ1v) is 8.78. The predicted octanol–water partition coefficient (Wildman–Crippen LogP) is 4.31. The molecule has 1 heterocycles. The van der Waals surface area contributed by atoms with E-state index in [-0.39, 0.29) is 22.9 Å². The maximum atomic E-state index is 13.5. The van der Waals surface area contributed by atoms with Gasteiger partial charge in [-0.05, 0) is 48.7 Å². The van der Waals surface area contributed by atoms with Crippen LogP contribution < -0.4 is 10.9 Å². The number of nitrogens with zero attached hydrogens (tertiary/aromatic N) is 1. The molecule has 1 aromatic heterocycles. The Morgan fingerprint density at radius 3 is 2.73 bits per heavy atom. The van der Waals surface area contributed by atoms with Crippen molar-refractivity contribution in [3.05, 3.63) is 75.4 Å². The molecule has 132 valence electrons. The Kier molecular flexibility index (Phi) is 4.24. The fourth-order valence-electron chi connectivity index (χ4n) is 3.07. The van der Waals surface area contributed by atoms with Gasteiger partial charge in [0.15, 0.2) is 0 Å². The van der Waals surface area contributed by atoms with Crippen LogP contribution >= 0.6 is 11.6 Å². The van der Waals surface area contributed by atoms with Crippen molar-refractivity contribution < 1.29 is 9.18 Å². The highest BCUT2D eigenvalue weighted by atomic mass is 35.5. The first-order chi connectivity index (χ1) is 12.5. The van der Waals surface area contributed by atoms with Crippen molar-refractivity contribution in [2.24, 2.45) is 0 Å². The molecule has 1 amide bonds. The van der Waals surface area contributed by atoms with Crippen LogP contribution in [0.15, 0.2) is 53.5 Å². The average Bonchev–Trinajstić information content (AvgIpc) is 3.44. The lowest BCUT2D eigenvalue weighted by Crippen LogP contribution is -2.19. The summed E-state index contributed by atoms with van der Waals surface area (Å²) in [4.78, 5) is 24.9. The van der Waals surface area contributed by atoms with Crippen molar-refractivity contribution in [2.45, 2.75) is 25.3 Å². The summed E-state index contributed by atoms with van der Waals surface area (Å²) in [6.45, 7) is 0. The monoisotopic (exact) mass is 370 g/mol. The predicted molar refractivity (Wildman–Crippen MR) is 100 cm³/mol. The van der Waals surface area contributed by atoms with Gasteiger partial charge in [0, 0.05) is 28.7 Å². The Bertz CT molecular complexity index is 1070. The molecule has 0 atom stereocenters. The third-order valence-electron chi connectivity index (χ3n) is 4.54. The maximum absolute atomic E-state index is 13.5. The second kappa shape index (κ2) is 6.57. The van der Waals surface area contributed by atoms with E-state index in [0.717, 1.165) is 12.8 Å². The first kappa shape index (κ1) is 16.8. The molecule has 4 rings (SSSR count). The molecule has 0 radical (unpaired) electrons. The van der Waals surface area contributed by atoms with E-state index in [4.69, 9.17) is 11.6 Å². The van der Waals surface area contributed by atoms with E-state index in [1.807, 2.05) is 6.07 Å². The van der Waals surface area contributed by atoms with E-state index >= 15 is 0 Å². The molecule has 0 unspecified atom stereocenters. The maximum Gasteiger partial charge on any atom is 0.258 e. The number of pyridine rings is 1. The zero-order chi connectivity index (χ0) is 18.3. The molecule has 3 aromatic rings. The molecule has 26 heavy (non-hydrogen) atoms. The summed E-state index contributed by atoms with van der Waals surface area (Å²) in [7, 11) is 0. The third kappa shape index (κ3) is 3.22. The molecule has 0 bridgehead atoms. The van der Waals surface area contributed by atoms with Crippen molar-refractivity contribution in [1.29, 1.82) is 0 Å². The molecule has 1 fully saturated rings. The SMILES string of the molecule is O=C(Cc1ccc(Cl)c(F)c1)Nc1cccc2c(=O)n(C3CC3)ccc12. The molecule has 6 heteroatoms. The lowest BCUT2D eigenvalue weighted by molar-refractivity contribution is -0.115. The summed E-state index contributed by atoms with van der Waals surface area (Å²) in [5.41, 5.74) is 1.06. The number of carbonyl (C=O) groups excluding carboxylic acids is 1. The van der Waals surface area contributed by atoms with Crippen molar-refractivity contribution in [3.8, 4) is 0 Å². The lowest BCUT2D eigenvalue weighted by Gasteiger charge is -2.11. The van der Waals surface area contributed by atoms with Gasteiger partial charge in [-0.3, -0.25) is 9.59 Å². The number of nitrogens with one attached hydrogen (secondary N) is 1. The van der Waals surface area contributed by atoms with Crippen LogP contribution in [0.4, 0.5) is 10.1 Å². The van der Waals surface area contributed by atoms with Crippen LogP contribution in [0.5, 0.6) is 0 Å². The van der Waals surface area contributed by atoms with Crippen molar-refractivity contribution >= 4 is 34.0 Å². The second-order valence-electron chi connectivity index (χ2n) is 6.50. The van der Waals surface area contributed by atoms with Gasteiger partial charge in [-0.1, -0.05) is 23.7 Å². The van der Waals surface area contributed by atoms with E-state index in [2.05, 4.69) is 5.32 Å². The summed E-state index contributed by atoms with van der Waals surface area (Å²) in [5.74, 6) is -0.839. The van der Waals surface area contributed by atoms with Gasteiger partial charge in [0.1, 0.15) is 5.82 Å². The van der Waals surface area contributed by atoms with Crippen molar-refractivity contribution in [1.82, 2.24) is 4.57 Å². The normalized spacial score (nSPS) is 13.8. The quantitative estimate of drug-likeness (QED) is 0.744. The number of amides is 1. The number of fused-ring (bicyclic) bond motifs is 1. The van der Waals surface area contributed by atoms with Gasteiger partial charge < -0.3 is 9.88 Å². The summed E-state index contributed by atoms with van der Waals surface area (Å²) >= 11 is 5.66. The highest BCUT2D eigenvalue weighted by molar-refractivity contribution is 6.30. The Morgan fingerprint density at radius 1 is 1.19 bits per heavy atom. The summed E-state index contributed by atoms with van der Waals surface area (Å²) in [6, 6.07) is 11.7. The molecule has 0 spiro atoms. The molecular weight excluding hydrogens is 355 g/mol. The number of hydrogen-bond donors (Lipinski definition) is 1. The van der Waals surface area contributed by atoms with Crippen molar-refractivity contribution in [3.63, 3.8) is 0 Å². The Balaban J connectivity index is 1.60. The van der Waals surface area contributed by atoms with E-state index in [1.54, 1.807) is 35.0 Å². The Morgan fingerprint density at radius 2 is 2.00 bits per heavy atom. The van der Waals surface area contributed by atoms with E-state index in [0.29, 0.717) is 28.1 Å². The fourth-order valence-corrected chi connectivity index (χ4v) is 3.19. The number of benzene rings is 2. The number of rotatable bonds is 4. The third-order valence-corrected chi connectivity index (χ3v) is 4.84. The standard InChI is InChI=1S/C20H16ClFN2O2/c21-16-7-4-12(10-17(16)22)11-19(25)23-18-3-1-2-15-14(18)8-9-24(20(15)26)13-5-6-13/h1-4,7-10,13H,5-6,11H2,(H,23,25). The first-order valence-electron chi connectivity index (χ1n) is 8.40. The van der Waals surface area contributed by atoms with Gasteiger partial charge in [0.05, 0.1) is 11.4 Å². The van der Waals surface area contributed by atoms with Crippen LogP contribution in [0.2, 0.25) is 5.02 Å². The smallest absolute Gasteiger partial charge is 0.258 e. The van der Waals surface area contributed by atoms with Crippen LogP contribution in [-0.4, -0.2) is 10.5 Å². The molecule has 4 nitrogen and oxygen atoms in total. The van der Waals surface area contributed by atoms with Gasteiger partial charge in [-0.25, -0.2) is 4.39 Å². The van der Waals surface area contributed by atoms with Crippen LogP contribution in [0.25, 0.3) is 10.8 Å². The van der Waals surface area contributed by atoms with Gasteiger partial charge >= 0.3 is 0 Å². The topological polar surface area (TPSA) is 51.1 Å². The number of aromatic nitrogens is 1. The van der Waals surface area contributed by atoms with E-state index < -0.39 is 5.82 Å². The Hall–Kier alpha value is -2.66. The van der Waals surface area contributed by atoms with Gasteiger partial charge in [0.25, 0.3) is 5.56 Å². The molecule has 1 N–H and O–H groups in total. The fraction of sp³-hybridized carbons (Fsp3) is 0.200. The molecular formula is C20H16ClFN2O2. The van der Waals surface area contributed by atoms with Gasteiger partial charge in [-0.15, -0.1) is 0 Å². The highest BCUT2D eigenvalue weighted by Crippen LogP contribution is 2.34. The average molecular weight is 371 g/mol. The summed E-state index contributed by atoms with van der Waals surface area (Å²) in [5, 5.41) is 4.12. The van der Waals surface area contributed by atoms with E-state index in [9.17, 15) is 14.0 Å². The zero-order valence-electron chi connectivity index (χ0n) is 13.8. The largest absolute Gasteiger partial charge is 0.325 e. The van der Waals surface area contributed by atoms with Gasteiger partial charge in [-0.2, -0.15) is 0 Å². The Labute approximate surface area is 154 Å². The van der Waals surface area contributed by atoms with Gasteiger partial charge in [0.2, 0.25) is 5.91 Å². The summed E-state index contributed by atoms with van der Waals surface area (Å²) < 4.78 is 15.3. The van der Waals surface area contributed by atoms with Crippen LogP contribution in [-0.2, 0) is 11.2 Å². The minimum absolute atomic E-state index is 0.0175. The second-order valence-corrected chi connectivity index (χ2v) is 6.91. The number of anilines is 1. The van der Waals surface area contributed by atoms with Crippen molar-refractivity contribution in [2.75, 3.05) is 5.32 Å². The lowest BCUT2D eigenvalue weighted by atomic mass is 10.1. The minimum atomic E-state index is -0.553. The molecule has 1 saturated carbocycles.